The van der Waals surface area contributed by atoms with E-state index < -0.39 is 0 Å². The Hall–Kier alpha value is -1.92. The first-order chi connectivity index (χ1) is 14.6. The maximum atomic E-state index is 12.4. The summed E-state index contributed by atoms with van der Waals surface area (Å²) in [6, 6.07) is 7.52. The number of anilines is 1. The number of methoxy groups -OCH3 is 1. The lowest BCUT2D eigenvalue weighted by atomic mass is 10.2. The van der Waals surface area contributed by atoms with Crippen LogP contribution in [-0.4, -0.2) is 58.2 Å². The molecular formula is C20H25IN6O2S. The number of carbonyl (C=O) groups excluding carboxylic acids is 1. The van der Waals surface area contributed by atoms with E-state index in [1.807, 2.05) is 28.9 Å². The normalized spacial score (nSPS) is 11.0. The van der Waals surface area contributed by atoms with E-state index >= 15 is 0 Å². The van der Waals surface area contributed by atoms with Crippen LogP contribution in [0.3, 0.4) is 0 Å². The average molecular weight is 540 g/mol. The van der Waals surface area contributed by atoms with Gasteiger partial charge in [0.05, 0.1) is 30.3 Å². The predicted molar refractivity (Wildman–Crippen MR) is 128 cm³/mol. The molecule has 0 aliphatic heterocycles. The number of carbonyl (C=O) groups is 1. The number of fused-ring (bicyclic) bond motifs is 1. The van der Waals surface area contributed by atoms with Crippen molar-refractivity contribution in [2.45, 2.75) is 25.0 Å². The number of hydrogen-bond donors (Lipinski definition) is 2. The van der Waals surface area contributed by atoms with E-state index in [0.29, 0.717) is 37.0 Å². The quantitative estimate of drug-likeness (QED) is 0.167. The van der Waals surface area contributed by atoms with Crippen LogP contribution in [0.1, 0.15) is 23.7 Å². The number of amides is 1. The lowest BCUT2D eigenvalue weighted by Crippen LogP contribution is -2.28. The number of thioether (sulfide) groups is 1. The second-order valence-electron chi connectivity index (χ2n) is 6.46. The molecule has 0 unspecified atom stereocenters. The highest BCUT2D eigenvalue weighted by molar-refractivity contribution is 14.1. The lowest BCUT2D eigenvalue weighted by molar-refractivity contribution is 0.0951. The van der Waals surface area contributed by atoms with Gasteiger partial charge in [-0.05, 0) is 41.1 Å². The second-order valence-corrected chi connectivity index (χ2v) is 8.69. The van der Waals surface area contributed by atoms with Crippen LogP contribution in [0.5, 0.6) is 0 Å². The summed E-state index contributed by atoms with van der Waals surface area (Å²) >= 11 is 3.79. The van der Waals surface area contributed by atoms with Gasteiger partial charge in [-0.25, -0.2) is 14.6 Å². The van der Waals surface area contributed by atoms with Gasteiger partial charge in [-0.2, -0.15) is 5.10 Å². The van der Waals surface area contributed by atoms with E-state index in [-0.39, 0.29) is 5.91 Å². The number of rotatable bonds is 11. The van der Waals surface area contributed by atoms with Crippen LogP contribution < -0.4 is 10.6 Å². The molecule has 0 radical (unpaired) electrons. The molecule has 2 N–H and O–H groups in total. The molecule has 30 heavy (non-hydrogen) atoms. The Morgan fingerprint density at radius 2 is 2.10 bits per heavy atom. The molecule has 0 aliphatic carbocycles. The molecule has 1 amide bonds. The standard InChI is InChI=1S/C20H25IN6O2S/c1-3-12-30-20-25-17(22-9-11-29-2)15-13-24-27(18(15)26-20)10-8-23-19(28)14-6-4-5-7-16(14)21/h4-7,13H,3,8-12H2,1-2H3,(H,23,28)(H,22,25,26). The zero-order valence-corrected chi connectivity index (χ0v) is 20.0. The number of aromatic nitrogens is 4. The first kappa shape index (κ1) is 22.8. The minimum atomic E-state index is -0.0906. The summed E-state index contributed by atoms with van der Waals surface area (Å²) in [5.74, 6) is 1.61. The molecule has 3 aromatic rings. The number of nitrogens with zero attached hydrogens (tertiary/aromatic N) is 4. The van der Waals surface area contributed by atoms with E-state index in [0.717, 1.165) is 32.6 Å². The smallest absolute Gasteiger partial charge is 0.252 e. The van der Waals surface area contributed by atoms with Gasteiger partial charge in [0, 0.05) is 29.5 Å². The molecule has 0 bridgehead atoms. The molecular weight excluding hydrogens is 515 g/mol. The Morgan fingerprint density at radius 3 is 2.87 bits per heavy atom. The van der Waals surface area contributed by atoms with E-state index in [4.69, 9.17) is 9.72 Å². The Kier molecular flexibility index (Phi) is 8.70. The summed E-state index contributed by atoms with van der Waals surface area (Å²) in [4.78, 5) is 21.8. The molecule has 3 rings (SSSR count). The van der Waals surface area contributed by atoms with Crippen molar-refractivity contribution in [3.63, 3.8) is 0 Å². The molecule has 0 saturated heterocycles. The Bertz CT molecular complexity index is 997. The van der Waals surface area contributed by atoms with Crippen molar-refractivity contribution in [3.05, 3.63) is 39.6 Å². The van der Waals surface area contributed by atoms with Crippen molar-refractivity contribution in [1.29, 1.82) is 0 Å². The summed E-state index contributed by atoms with van der Waals surface area (Å²) < 4.78 is 7.86. The summed E-state index contributed by atoms with van der Waals surface area (Å²) in [7, 11) is 1.67. The van der Waals surface area contributed by atoms with Crippen LogP contribution in [0.15, 0.2) is 35.6 Å². The number of nitrogens with one attached hydrogen (secondary N) is 2. The van der Waals surface area contributed by atoms with Crippen LogP contribution in [0.4, 0.5) is 5.82 Å². The van der Waals surface area contributed by atoms with E-state index in [9.17, 15) is 4.79 Å². The SMILES string of the molecule is CCCSc1nc(NCCOC)c2cnn(CCNC(=O)c3ccccc3I)c2n1. The molecule has 10 heteroatoms. The van der Waals surface area contributed by atoms with Gasteiger partial charge in [-0.15, -0.1) is 0 Å². The van der Waals surface area contributed by atoms with Gasteiger partial charge in [0.2, 0.25) is 0 Å². The molecule has 0 aliphatic rings. The van der Waals surface area contributed by atoms with Gasteiger partial charge in [-0.1, -0.05) is 30.8 Å². The molecule has 8 nitrogen and oxygen atoms in total. The van der Waals surface area contributed by atoms with Gasteiger partial charge >= 0.3 is 0 Å². The minimum absolute atomic E-state index is 0.0906. The topological polar surface area (TPSA) is 94.0 Å². The van der Waals surface area contributed by atoms with Crippen molar-refractivity contribution in [2.75, 3.05) is 37.9 Å². The van der Waals surface area contributed by atoms with Crippen LogP contribution >= 0.6 is 34.4 Å². The van der Waals surface area contributed by atoms with Crippen molar-refractivity contribution >= 4 is 57.1 Å². The third-order valence-corrected chi connectivity index (χ3v) is 6.23. The largest absolute Gasteiger partial charge is 0.383 e. The number of ether oxygens (including phenoxy) is 1. The fraction of sp³-hybridized carbons (Fsp3) is 0.400. The maximum absolute atomic E-state index is 12.4. The number of hydrogen-bond acceptors (Lipinski definition) is 7. The molecule has 2 aromatic heterocycles. The van der Waals surface area contributed by atoms with E-state index in [1.54, 1.807) is 25.1 Å². The third kappa shape index (κ3) is 5.82. The van der Waals surface area contributed by atoms with Gasteiger partial charge in [0.1, 0.15) is 5.82 Å². The lowest BCUT2D eigenvalue weighted by Gasteiger charge is -2.10. The summed E-state index contributed by atoms with van der Waals surface area (Å²) in [5, 5.41) is 12.3. The fourth-order valence-corrected chi connectivity index (χ4v) is 4.10. The Balaban J connectivity index is 1.74. The molecule has 1 aromatic carbocycles. The first-order valence-electron chi connectivity index (χ1n) is 9.76. The molecule has 2 heterocycles. The molecule has 0 atom stereocenters. The molecule has 160 valence electrons. The highest BCUT2D eigenvalue weighted by Gasteiger charge is 2.14. The van der Waals surface area contributed by atoms with Gasteiger partial charge < -0.3 is 15.4 Å². The fourth-order valence-electron chi connectivity index (χ4n) is 2.78. The number of benzene rings is 1. The predicted octanol–water partition coefficient (Wildman–Crippen LogP) is 3.42. The van der Waals surface area contributed by atoms with Crippen LogP contribution in [0, 0.1) is 3.57 Å². The highest BCUT2D eigenvalue weighted by atomic mass is 127. The monoisotopic (exact) mass is 540 g/mol. The summed E-state index contributed by atoms with van der Waals surface area (Å²) in [5.41, 5.74) is 1.43. The number of halogens is 1. The summed E-state index contributed by atoms with van der Waals surface area (Å²) in [6.07, 6.45) is 2.81. The summed E-state index contributed by atoms with van der Waals surface area (Å²) in [6.45, 7) is 4.34. The molecule has 0 spiro atoms. The third-order valence-electron chi connectivity index (χ3n) is 4.24. The van der Waals surface area contributed by atoms with E-state index in [2.05, 4.69) is 50.2 Å². The zero-order valence-electron chi connectivity index (χ0n) is 17.0. The van der Waals surface area contributed by atoms with Gasteiger partial charge in [-0.3, -0.25) is 4.79 Å². The Labute approximate surface area is 193 Å². The highest BCUT2D eigenvalue weighted by Crippen LogP contribution is 2.24. The van der Waals surface area contributed by atoms with Crippen LogP contribution in [0.2, 0.25) is 0 Å². The van der Waals surface area contributed by atoms with Crippen LogP contribution in [-0.2, 0) is 11.3 Å². The molecule has 0 saturated carbocycles. The minimum Gasteiger partial charge on any atom is -0.383 e. The van der Waals surface area contributed by atoms with Crippen molar-refractivity contribution in [1.82, 2.24) is 25.1 Å². The first-order valence-corrected chi connectivity index (χ1v) is 11.8. The van der Waals surface area contributed by atoms with E-state index in [1.165, 1.54) is 0 Å². The van der Waals surface area contributed by atoms with Crippen molar-refractivity contribution < 1.29 is 9.53 Å². The van der Waals surface area contributed by atoms with Crippen molar-refractivity contribution in [2.24, 2.45) is 0 Å². The second kappa shape index (κ2) is 11.5. The average Bonchev–Trinajstić information content (AvgIpc) is 3.15. The maximum Gasteiger partial charge on any atom is 0.252 e. The molecule has 0 fully saturated rings. The van der Waals surface area contributed by atoms with Gasteiger partial charge in [0.25, 0.3) is 5.91 Å². The Morgan fingerprint density at radius 1 is 1.27 bits per heavy atom. The zero-order chi connectivity index (χ0) is 21.3. The van der Waals surface area contributed by atoms with Crippen molar-refractivity contribution in [3.8, 4) is 0 Å². The van der Waals surface area contributed by atoms with Crippen LogP contribution in [0.25, 0.3) is 11.0 Å². The van der Waals surface area contributed by atoms with Gasteiger partial charge in [0.15, 0.2) is 10.8 Å².